The highest BCUT2D eigenvalue weighted by Gasteiger charge is 2.14. The molecule has 0 radical (unpaired) electrons. The summed E-state index contributed by atoms with van der Waals surface area (Å²) in [5, 5.41) is 9.91. The molecule has 2 heterocycles. The van der Waals surface area contributed by atoms with Crippen LogP contribution in [-0.2, 0) is 4.79 Å². The van der Waals surface area contributed by atoms with Crippen LogP contribution in [0.4, 0.5) is 11.5 Å². The number of thioether (sulfide) groups is 1. The van der Waals surface area contributed by atoms with E-state index in [-0.39, 0.29) is 17.6 Å². The molecule has 0 saturated heterocycles. The van der Waals surface area contributed by atoms with E-state index in [2.05, 4.69) is 20.7 Å². The molecule has 0 aliphatic carbocycles. The van der Waals surface area contributed by atoms with E-state index in [0.29, 0.717) is 17.0 Å². The van der Waals surface area contributed by atoms with Gasteiger partial charge in [0.1, 0.15) is 5.82 Å². The first-order valence-electron chi connectivity index (χ1n) is 9.28. The van der Waals surface area contributed by atoms with Crippen molar-refractivity contribution in [2.45, 2.75) is 11.8 Å². The third-order valence-corrected chi connectivity index (χ3v) is 5.43. The molecule has 0 unspecified atom stereocenters. The van der Waals surface area contributed by atoms with Gasteiger partial charge in [-0.05, 0) is 37.3 Å². The summed E-state index contributed by atoms with van der Waals surface area (Å²) >= 11 is 1.31. The molecule has 7 nitrogen and oxygen atoms in total. The van der Waals surface area contributed by atoms with Crippen molar-refractivity contribution in [2.75, 3.05) is 16.4 Å². The van der Waals surface area contributed by atoms with Gasteiger partial charge in [0.25, 0.3) is 5.91 Å². The molecule has 150 valence electrons. The summed E-state index contributed by atoms with van der Waals surface area (Å²) in [7, 11) is 0. The van der Waals surface area contributed by atoms with Gasteiger partial charge in [0.05, 0.1) is 17.5 Å². The van der Waals surface area contributed by atoms with Crippen LogP contribution in [0.5, 0.6) is 0 Å². The summed E-state index contributed by atoms with van der Waals surface area (Å²) in [5.74, 6) is 0.301. The molecule has 2 amide bonds. The van der Waals surface area contributed by atoms with Crippen molar-refractivity contribution in [3.05, 3.63) is 84.2 Å². The van der Waals surface area contributed by atoms with Crippen molar-refractivity contribution in [2.24, 2.45) is 0 Å². The molecule has 0 spiro atoms. The van der Waals surface area contributed by atoms with Crippen LogP contribution in [-0.4, -0.2) is 32.2 Å². The number of aryl methyl sites for hydroxylation is 1. The smallest absolute Gasteiger partial charge is 0.257 e. The summed E-state index contributed by atoms with van der Waals surface area (Å²) in [6.45, 7) is 1.99. The van der Waals surface area contributed by atoms with Crippen molar-refractivity contribution in [3.63, 3.8) is 0 Å². The zero-order valence-corrected chi connectivity index (χ0v) is 17.0. The van der Waals surface area contributed by atoms with Gasteiger partial charge in [-0.1, -0.05) is 29.8 Å². The molecular formula is C22H19N5O2S. The van der Waals surface area contributed by atoms with E-state index in [1.165, 1.54) is 11.8 Å². The van der Waals surface area contributed by atoms with Gasteiger partial charge in [-0.15, -0.1) is 11.8 Å². The number of anilines is 2. The second kappa shape index (κ2) is 8.79. The minimum absolute atomic E-state index is 0.133. The number of fused-ring (bicyclic) bond motifs is 1. The average Bonchev–Trinajstić information content (AvgIpc) is 3.24. The lowest BCUT2D eigenvalue weighted by molar-refractivity contribution is -0.113. The first kappa shape index (κ1) is 19.7. The van der Waals surface area contributed by atoms with Gasteiger partial charge in [0.2, 0.25) is 5.91 Å². The van der Waals surface area contributed by atoms with Crippen LogP contribution >= 0.6 is 11.8 Å². The Labute approximate surface area is 177 Å². The Kier molecular flexibility index (Phi) is 5.76. The fraction of sp³-hybridized carbons (Fsp3) is 0.0909. The van der Waals surface area contributed by atoms with Gasteiger partial charge in [-0.25, -0.2) is 4.98 Å². The number of hydrogen-bond donors (Lipinski definition) is 2. The minimum Gasteiger partial charge on any atom is -0.325 e. The Morgan fingerprint density at radius 2 is 1.77 bits per heavy atom. The van der Waals surface area contributed by atoms with Crippen molar-refractivity contribution >= 4 is 40.7 Å². The van der Waals surface area contributed by atoms with Crippen LogP contribution in [0.3, 0.4) is 0 Å². The maximum atomic E-state index is 12.9. The van der Waals surface area contributed by atoms with Gasteiger partial charge < -0.3 is 10.6 Å². The van der Waals surface area contributed by atoms with Crippen LogP contribution in [0.15, 0.2) is 78.0 Å². The highest BCUT2D eigenvalue weighted by Crippen LogP contribution is 2.24. The molecule has 0 aliphatic rings. The lowest BCUT2D eigenvalue weighted by atomic mass is 10.2. The molecule has 0 saturated carbocycles. The third-order valence-electron chi connectivity index (χ3n) is 4.36. The number of benzene rings is 2. The number of nitrogens with zero attached hydrogens (tertiary/aromatic N) is 3. The summed E-state index contributed by atoms with van der Waals surface area (Å²) in [6.07, 6.45) is 3.23. The van der Waals surface area contributed by atoms with Crippen molar-refractivity contribution < 1.29 is 9.59 Å². The molecule has 0 bridgehead atoms. The van der Waals surface area contributed by atoms with Gasteiger partial charge in [-0.2, -0.15) is 9.61 Å². The van der Waals surface area contributed by atoms with E-state index in [0.717, 1.165) is 16.1 Å². The molecule has 4 aromatic rings. The van der Waals surface area contributed by atoms with Gasteiger partial charge in [0.15, 0.2) is 5.65 Å². The SMILES string of the molecule is Cc1ccc(NC(=O)CSc2ccccc2C(=O)Nc2ccnc3ccnn23)cc1. The summed E-state index contributed by atoms with van der Waals surface area (Å²) < 4.78 is 1.56. The molecule has 30 heavy (non-hydrogen) atoms. The first-order chi connectivity index (χ1) is 14.6. The highest BCUT2D eigenvalue weighted by atomic mass is 32.2. The van der Waals surface area contributed by atoms with Crippen LogP contribution in [0, 0.1) is 6.92 Å². The second-order valence-corrected chi connectivity index (χ2v) is 7.60. The molecule has 0 atom stereocenters. The van der Waals surface area contributed by atoms with Gasteiger partial charge in [-0.3, -0.25) is 9.59 Å². The Balaban J connectivity index is 1.44. The normalized spacial score (nSPS) is 10.7. The number of hydrogen-bond acceptors (Lipinski definition) is 5. The maximum Gasteiger partial charge on any atom is 0.257 e. The highest BCUT2D eigenvalue weighted by molar-refractivity contribution is 8.00. The van der Waals surface area contributed by atoms with Crippen LogP contribution in [0.1, 0.15) is 15.9 Å². The molecule has 2 aromatic heterocycles. The Hall–Kier alpha value is -3.65. The monoisotopic (exact) mass is 417 g/mol. The number of carbonyl (C=O) groups excluding carboxylic acids is 2. The van der Waals surface area contributed by atoms with Crippen LogP contribution in [0.25, 0.3) is 5.65 Å². The maximum absolute atomic E-state index is 12.9. The zero-order chi connectivity index (χ0) is 20.9. The predicted molar refractivity (Wildman–Crippen MR) is 118 cm³/mol. The average molecular weight is 417 g/mol. The fourth-order valence-corrected chi connectivity index (χ4v) is 3.72. The molecule has 0 aliphatic heterocycles. The molecule has 4 rings (SSSR count). The first-order valence-corrected chi connectivity index (χ1v) is 10.3. The van der Waals surface area contributed by atoms with Crippen molar-refractivity contribution in [1.82, 2.24) is 14.6 Å². The second-order valence-electron chi connectivity index (χ2n) is 6.58. The van der Waals surface area contributed by atoms with Crippen LogP contribution in [0.2, 0.25) is 0 Å². The van der Waals surface area contributed by atoms with Crippen LogP contribution < -0.4 is 10.6 Å². The standard InChI is InChI=1S/C22H19N5O2S/c1-15-6-8-16(9-7-15)25-21(28)14-30-18-5-3-2-4-17(18)22(29)26-20-10-12-23-19-11-13-24-27(19)20/h2-13H,14H2,1H3,(H,25,28)(H,26,29). The summed E-state index contributed by atoms with van der Waals surface area (Å²) in [4.78, 5) is 30.1. The largest absolute Gasteiger partial charge is 0.325 e. The minimum atomic E-state index is -0.278. The zero-order valence-electron chi connectivity index (χ0n) is 16.2. The Bertz CT molecular complexity index is 1200. The van der Waals surface area contributed by atoms with E-state index in [1.54, 1.807) is 41.2 Å². The third kappa shape index (κ3) is 4.49. The van der Waals surface area contributed by atoms with E-state index >= 15 is 0 Å². The molecule has 8 heteroatoms. The number of nitrogens with one attached hydrogen (secondary N) is 2. The van der Waals surface area contributed by atoms with Gasteiger partial charge >= 0.3 is 0 Å². The van der Waals surface area contributed by atoms with E-state index in [9.17, 15) is 9.59 Å². The molecule has 0 fully saturated rings. The molecule has 2 N–H and O–H groups in total. The van der Waals surface area contributed by atoms with Crippen molar-refractivity contribution in [3.8, 4) is 0 Å². The fourth-order valence-electron chi connectivity index (χ4n) is 2.87. The quantitative estimate of drug-likeness (QED) is 0.463. The topological polar surface area (TPSA) is 88.4 Å². The molecule has 2 aromatic carbocycles. The number of amides is 2. The predicted octanol–water partition coefficient (Wildman–Crippen LogP) is 4.02. The van der Waals surface area contributed by atoms with Crippen molar-refractivity contribution in [1.29, 1.82) is 0 Å². The Morgan fingerprint density at radius 3 is 2.60 bits per heavy atom. The lowest BCUT2D eigenvalue weighted by Crippen LogP contribution is -2.17. The summed E-state index contributed by atoms with van der Waals surface area (Å²) in [6, 6.07) is 18.3. The summed E-state index contributed by atoms with van der Waals surface area (Å²) in [5.41, 5.74) is 3.01. The number of aromatic nitrogens is 3. The van der Waals surface area contributed by atoms with E-state index in [1.807, 2.05) is 43.3 Å². The van der Waals surface area contributed by atoms with E-state index in [4.69, 9.17) is 0 Å². The van der Waals surface area contributed by atoms with Gasteiger partial charge in [0, 0.05) is 22.8 Å². The Morgan fingerprint density at radius 1 is 0.967 bits per heavy atom. The number of rotatable bonds is 6. The van der Waals surface area contributed by atoms with E-state index < -0.39 is 0 Å². The number of carbonyl (C=O) groups is 2. The molecular weight excluding hydrogens is 398 g/mol. The lowest BCUT2D eigenvalue weighted by Gasteiger charge is -2.11.